The van der Waals surface area contributed by atoms with Gasteiger partial charge in [0.1, 0.15) is 35.4 Å². The first kappa shape index (κ1) is 49.9. The van der Waals surface area contributed by atoms with Crippen LogP contribution in [0, 0.1) is 29.6 Å². The highest BCUT2D eigenvalue weighted by Crippen LogP contribution is 2.48. The van der Waals surface area contributed by atoms with E-state index in [1.54, 1.807) is 58.6 Å². The molecule has 2 fully saturated rings. The van der Waals surface area contributed by atoms with Crippen molar-refractivity contribution in [2.75, 3.05) is 14.1 Å². The standard InChI is InChI=1S/C49H71N5O11/c1-15-38-49(12,65-45(57)27(4)5)43(62-44(56)26(2)3)30(8)40-28(6)22-48(11,64-40)42(63-47-39(55)37(53(13)14)20-29(7)60-47)31(9)41(32(10)46(58)61-38)59-25-34-24-54(52-51-34)35-21-33-18-16-17-19-36(33)50-23-35/h16-19,21,23-24,26-27,29-32,37-39,41-43,47,55H,15,20,22,25H2,1-14H3/t29-,30+,31+,32-,37+,38-,39-,41+,42-,43-,47+,48-,49-/m1/s1. The van der Waals surface area contributed by atoms with Crippen molar-refractivity contribution in [3.8, 4) is 5.69 Å². The lowest BCUT2D eigenvalue weighted by Crippen LogP contribution is -2.59. The Morgan fingerprint density at radius 1 is 1.02 bits per heavy atom. The van der Waals surface area contributed by atoms with Gasteiger partial charge in [-0.15, -0.1) is 5.10 Å². The molecule has 3 aromatic rings. The quantitative estimate of drug-likeness (QED) is 0.149. The van der Waals surface area contributed by atoms with Gasteiger partial charge in [-0.05, 0) is 79.3 Å². The summed E-state index contributed by atoms with van der Waals surface area (Å²) in [4.78, 5) is 48.7. The van der Waals surface area contributed by atoms with E-state index in [2.05, 4.69) is 15.3 Å². The number of benzene rings is 1. The fraction of sp³-hybridized carbons (Fsp3) is 0.673. The van der Waals surface area contributed by atoms with Gasteiger partial charge in [-0.25, -0.2) is 4.68 Å². The van der Waals surface area contributed by atoms with Crippen LogP contribution >= 0.6 is 0 Å². The number of hydrogen-bond donors (Lipinski definition) is 1. The predicted molar refractivity (Wildman–Crippen MR) is 241 cm³/mol. The van der Waals surface area contributed by atoms with Crippen LogP contribution in [0.3, 0.4) is 0 Å². The number of esters is 3. The molecule has 358 valence electrons. The average molecular weight is 906 g/mol. The van der Waals surface area contributed by atoms with E-state index < -0.39 is 95.5 Å². The van der Waals surface area contributed by atoms with Gasteiger partial charge in [-0.2, -0.15) is 0 Å². The van der Waals surface area contributed by atoms with Crippen molar-refractivity contribution in [1.29, 1.82) is 0 Å². The van der Waals surface area contributed by atoms with Crippen LogP contribution in [0.15, 0.2) is 54.1 Å². The zero-order valence-corrected chi connectivity index (χ0v) is 40.6. The smallest absolute Gasteiger partial charge is 0.311 e. The van der Waals surface area contributed by atoms with Crippen LogP contribution in [0.5, 0.6) is 0 Å². The van der Waals surface area contributed by atoms with Crippen molar-refractivity contribution in [1.82, 2.24) is 24.9 Å². The lowest BCUT2D eigenvalue weighted by atomic mass is 9.78. The van der Waals surface area contributed by atoms with Crippen molar-refractivity contribution in [3.63, 3.8) is 0 Å². The molecule has 65 heavy (non-hydrogen) atoms. The second kappa shape index (κ2) is 20.2. The molecule has 16 heteroatoms. The van der Waals surface area contributed by atoms with Crippen molar-refractivity contribution in [3.05, 3.63) is 59.8 Å². The molecule has 2 saturated heterocycles. The third-order valence-corrected chi connectivity index (χ3v) is 13.4. The van der Waals surface area contributed by atoms with Gasteiger partial charge in [0, 0.05) is 23.8 Å². The minimum atomic E-state index is -1.68. The van der Waals surface area contributed by atoms with E-state index in [1.165, 1.54) is 0 Å². The number of aliphatic hydroxyl groups excluding tert-OH is 1. The first-order valence-electron chi connectivity index (χ1n) is 23.1. The lowest BCUT2D eigenvalue weighted by molar-refractivity contribution is -0.299. The highest BCUT2D eigenvalue weighted by Gasteiger charge is 2.58. The van der Waals surface area contributed by atoms with Gasteiger partial charge >= 0.3 is 17.9 Å². The molecular formula is C49H71N5O11. The Kier molecular flexibility index (Phi) is 15.5. The van der Waals surface area contributed by atoms with Crippen LogP contribution in [0.2, 0.25) is 0 Å². The Hall–Kier alpha value is -4.48. The fourth-order valence-corrected chi connectivity index (χ4v) is 9.78. The minimum Gasteiger partial charge on any atom is -0.488 e. The van der Waals surface area contributed by atoms with Gasteiger partial charge in [0.15, 0.2) is 18.0 Å². The molecule has 13 atom stereocenters. The number of pyridine rings is 1. The summed E-state index contributed by atoms with van der Waals surface area (Å²) in [6, 6.07) is 9.50. The van der Waals surface area contributed by atoms with E-state index in [9.17, 15) is 19.5 Å². The summed E-state index contributed by atoms with van der Waals surface area (Å²) < 4.78 is 48.2. The molecule has 3 aliphatic rings. The maximum Gasteiger partial charge on any atom is 0.311 e. The van der Waals surface area contributed by atoms with Crippen LogP contribution < -0.4 is 0 Å². The highest BCUT2D eigenvalue weighted by atomic mass is 16.7. The van der Waals surface area contributed by atoms with Crippen molar-refractivity contribution in [2.45, 2.75) is 169 Å². The summed E-state index contributed by atoms with van der Waals surface area (Å²) in [6.45, 7) is 21.7. The van der Waals surface area contributed by atoms with Gasteiger partial charge < -0.3 is 43.2 Å². The van der Waals surface area contributed by atoms with Crippen LogP contribution in [-0.2, 0) is 54.1 Å². The van der Waals surface area contributed by atoms with E-state index in [0.29, 0.717) is 30.0 Å². The van der Waals surface area contributed by atoms with Gasteiger partial charge in [0.25, 0.3) is 0 Å². The second-order valence-corrected chi connectivity index (χ2v) is 19.7. The highest BCUT2D eigenvalue weighted by molar-refractivity contribution is 5.80. The number of carbonyl (C=O) groups excluding carboxylic acids is 3. The molecular weight excluding hydrogens is 835 g/mol. The first-order chi connectivity index (χ1) is 30.6. The molecule has 16 nitrogen and oxygen atoms in total. The van der Waals surface area contributed by atoms with Crippen molar-refractivity contribution >= 4 is 28.8 Å². The number of cyclic esters (lactones) is 1. The number of rotatable bonds is 12. The summed E-state index contributed by atoms with van der Waals surface area (Å²) in [5.74, 6) is -4.54. The summed E-state index contributed by atoms with van der Waals surface area (Å²) in [5.41, 5.74) is 0.100. The molecule has 0 radical (unpaired) electrons. The minimum absolute atomic E-state index is 0.0477. The summed E-state index contributed by atoms with van der Waals surface area (Å²) in [5, 5.41) is 21.6. The molecule has 1 N–H and O–H groups in total. The molecule has 2 bridgehead atoms. The van der Waals surface area contributed by atoms with Crippen LogP contribution in [-0.4, -0.2) is 122 Å². The normalized spacial score (nSPS) is 33.6. The number of likely N-dealkylation sites (N-methyl/N-ethyl adjacent to an activating group) is 1. The largest absolute Gasteiger partial charge is 0.488 e. The van der Waals surface area contributed by atoms with E-state index >= 15 is 0 Å². The number of fused-ring (bicyclic) bond motifs is 3. The SMILES string of the molecule is CC[C@H]1OC(=O)[C@H](C)[C@@H](OCc2cn(-c3cnc4ccccc4c3)nn2)[C@H](C)[C@@H](O[C@@H]2O[C@H](C)C[C@H](N(C)C)[C@H]2O)[C@@]2(C)CC(C)=C(O2)[C@H](C)[C@@H](OC(=O)C(C)C)[C@]1(C)OC(=O)C(C)C. The molecule has 1 aromatic carbocycles. The molecule has 0 unspecified atom stereocenters. The Morgan fingerprint density at radius 3 is 2.37 bits per heavy atom. The average Bonchev–Trinajstić information content (AvgIpc) is 3.86. The Balaban J connectivity index is 1.45. The van der Waals surface area contributed by atoms with Gasteiger partial charge in [0.05, 0.1) is 66.1 Å². The third-order valence-electron chi connectivity index (χ3n) is 13.4. The Labute approximate surface area is 383 Å². The summed E-state index contributed by atoms with van der Waals surface area (Å²) >= 11 is 0. The van der Waals surface area contributed by atoms with Crippen LogP contribution in [0.4, 0.5) is 0 Å². The van der Waals surface area contributed by atoms with Gasteiger partial charge in [0.2, 0.25) is 0 Å². The third kappa shape index (κ3) is 10.6. The van der Waals surface area contributed by atoms with E-state index in [1.807, 2.05) is 90.9 Å². The van der Waals surface area contributed by atoms with Crippen molar-refractivity contribution in [2.24, 2.45) is 29.6 Å². The lowest BCUT2D eigenvalue weighted by Gasteiger charge is -2.47. The molecule has 0 amide bonds. The van der Waals surface area contributed by atoms with Crippen LogP contribution in [0.1, 0.15) is 108 Å². The molecule has 0 aliphatic carbocycles. The molecule has 0 saturated carbocycles. The number of carbonyl (C=O) groups is 3. The first-order valence-corrected chi connectivity index (χ1v) is 23.1. The number of aromatic nitrogens is 4. The maximum absolute atomic E-state index is 14.8. The summed E-state index contributed by atoms with van der Waals surface area (Å²) in [7, 11) is 3.82. The van der Waals surface area contributed by atoms with Gasteiger partial charge in [-0.3, -0.25) is 19.4 Å². The number of ether oxygens (including phenoxy) is 7. The molecule has 2 aromatic heterocycles. The fourth-order valence-electron chi connectivity index (χ4n) is 9.78. The Bertz CT molecular complexity index is 2190. The predicted octanol–water partition coefficient (Wildman–Crippen LogP) is 6.73. The topological polar surface area (TPSA) is 183 Å². The van der Waals surface area contributed by atoms with Gasteiger partial charge in [-0.1, -0.05) is 71.9 Å². The van der Waals surface area contributed by atoms with Crippen molar-refractivity contribution < 1.29 is 52.6 Å². The number of nitrogens with zero attached hydrogens (tertiary/aromatic N) is 5. The van der Waals surface area contributed by atoms with Crippen LogP contribution in [0.25, 0.3) is 16.6 Å². The number of para-hydroxylation sites is 1. The zero-order valence-electron chi connectivity index (χ0n) is 40.6. The molecule has 3 aliphatic heterocycles. The Morgan fingerprint density at radius 2 is 1.71 bits per heavy atom. The summed E-state index contributed by atoms with van der Waals surface area (Å²) in [6.07, 6.45) is -1.73. The van der Waals surface area contributed by atoms with E-state index in [-0.39, 0.29) is 25.2 Å². The number of aliphatic hydroxyl groups is 1. The number of hydrogen-bond acceptors (Lipinski definition) is 15. The zero-order chi connectivity index (χ0) is 47.7. The molecule has 0 spiro atoms. The van der Waals surface area contributed by atoms with E-state index in [0.717, 1.165) is 16.5 Å². The maximum atomic E-state index is 14.8. The second-order valence-electron chi connectivity index (χ2n) is 19.7. The molecule has 5 heterocycles. The molecule has 6 rings (SSSR count). The monoisotopic (exact) mass is 906 g/mol. The van der Waals surface area contributed by atoms with E-state index in [4.69, 9.17) is 33.2 Å².